The zero-order chi connectivity index (χ0) is 12.3. The number of rotatable bonds is 3. The summed E-state index contributed by atoms with van der Waals surface area (Å²) in [6, 6.07) is 15.9. The summed E-state index contributed by atoms with van der Waals surface area (Å²) in [4.78, 5) is 2.18. The predicted octanol–water partition coefficient (Wildman–Crippen LogP) is 5.15. The molecule has 2 rings (SSSR count). The van der Waals surface area contributed by atoms with Gasteiger partial charge in [0.2, 0.25) is 0 Å². The molecule has 2 aromatic rings. The van der Waals surface area contributed by atoms with Crippen LogP contribution in [0.1, 0.15) is 6.92 Å². The normalized spacial score (nSPS) is 10.3. The molecule has 88 valence electrons. The van der Waals surface area contributed by atoms with Gasteiger partial charge in [0.25, 0.3) is 0 Å². The predicted molar refractivity (Wildman–Crippen MR) is 75.6 cm³/mol. The molecule has 2 aromatic carbocycles. The topological polar surface area (TPSA) is 3.24 Å². The third-order valence-electron chi connectivity index (χ3n) is 2.60. The Morgan fingerprint density at radius 2 is 1.59 bits per heavy atom. The highest BCUT2D eigenvalue weighted by atomic mass is 35.5. The monoisotopic (exact) mass is 265 g/mol. The Labute approximate surface area is 112 Å². The number of nitrogens with zero attached hydrogens (tertiary/aromatic N) is 1. The van der Waals surface area contributed by atoms with E-state index in [4.69, 9.17) is 23.2 Å². The third-order valence-corrected chi connectivity index (χ3v) is 3.34. The molecule has 0 aliphatic heterocycles. The summed E-state index contributed by atoms with van der Waals surface area (Å²) < 4.78 is 0. The van der Waals surface area contributed by atoms with Crippen LogP contribution in [-0.4, -0.2) is 6.54 Å². The van der Waals surface area contributed by atoms with Crippen molar-refractivity contribution in [2.24, 2.45) is 0 Å². The van der Waals surface area contributed by atoms with E-state index < -0.39 is 0 Å². The Hall–Kier alpha value is -1.18. The summed E-state index contributed by atoms with van der Waals surface area (Å²) in [5, 5.41) is 1.16. The summed E-state index contributed by atoms with van der Waals surface area (Å²) in [6.45, 7) is 2.98. The minimum absolute atomic E-state index is 0.582. The van der Waals surface area contributed by atoms with Gasteiger partial charge < -0.3 is 4.90 Å². The third kappa shape index (κ3) is 2.74. The van der Waals surface area contributed by atoms with E-state index in [9.17, 15) is 0 Å². The minimum Gasteiger partial charge on any atom is -0.342 e. The van der Waals surface area contributed by atoms with Gasteiger partial charge in [-0.2, -0.15) is 0 Å². The van der Waals surface area contributed by atoms with Gasteiger partial charge >= 0.3 is 0 Å². The minimum atomic E-state index is 0.582. The molecule has 0 aromatic heterocycles. The van der Waals surface area contributed by atoms with E-state index in [1.54, 1.807) is 0 Å². The molecule has 17 heavy (non-hydrogen) atoms. The van der Waals surface area contributed by atoms with Gasteiger partial charge in [0.05, 0.1) is 10.0 Å². The first-order chi connectivity index (χ1) is 8.22. The lowest BCUT2D eigenvalue weighted by Crippen LogP contribution is -2.15. The van der Waals surface area contributed by atoms with Gasteiger partial charge in [0.15, 0.2) is 0 Å². The van der Waals surface area contributed by atoms with Crippen molar-refractivity contribution in [2.75, 3.05) is 11.4 Å². The lowest BCUT2D eigenvalue weighted by atomic mass is 10.2. The van der Waals surface area contributed by atoms with E-state index in [1.807, 2.05) is 36.4 Å². The Kier molecular flexibility index (Phi) is 3.93. The molecule has 0 saturated heterocycles. The fraction of sp³-hybridized carbons (Fsp3) is 0.143. The van der Waals surface area contributed by atoms with Gasteiger partial charge in [-0.15, -0.1) is 0 Å². The molecular formula is C14H13Cl2N. The summed E-state index contributed by atoms with van der Waals surface area (Å²) in [6.07, 6.45) is 0. The van der Waals surface area contributed by atoms with Gasteiger partial charge in [-0.05, 0) is 37.3 Å². The van der Waals surface area contributed by atoms with E-state index in [2.05, 4.69) is 24.0 Å². The quantitative estimate of drug-likeness (QED) is 0.742. The smallest absolute Gasteiger partial charge is 0.0613 e. The molecule has 0 heterocycles. The Bertz CT molecular complexity index is 497. The molecule has 0 saturated carbocycles. The highest BCUT2D eigenvalue weighted by Gasteiger charge is 2.08. The van der Waals surface area contributed by atoms with Crippen molar-refractivity contribution < 1.29 is 0 Å². The van der Waals surface area contributed by atoms with Crippen LogP contribution in [0, 0.1) is 0 Å². The van der Waals surface area contributed by atoms with Gasteiger partial charge in [-0.3, -0.25) is 0 Å². The van der Waals surface area contributed by atoms with Gasteiger partial charge in [-0.25, -0.2) is 0 Å². The number of anilines is 2. The molecular weight excluding hydrogens is 253 g/mol. The maximum atomic E-state index is 6.04. The largest absolute Gasteiger partial charge is 0.342 e. The highest BCUT2D eigenvalue weighted by molar-refractivity contribution is 6.42. The Balaban J connectivity index is 2.39. The van der Waals surface area contributed by atoms with Crippen LogP contribution in [0.2, 0.25) is 10.0 Å². The summed E-state index contributed by atoms with van der Waals surface area (Å²) in [5.41, 5.74) is 2.20. The van der Waals surface area contributed by atoms with E-state index in [0.717, 1.165) is 17.9 Å². The fourth-order valence-electron chi connectivity index (χ4n) is 1.78. The van der Waals surface area contributed by atoms with Crippen LogP contribution in [0.25, 0.3) is 0 Å². The van der Waals surface area contributed by atoms with Crippen molar-refractivity contribution in [3.8, 4) is 0 Å². The van der Waals surface area contributed by atoms with Crippen molar-refractivity contribution in [2.45, 2.75) is 6.92 Å². The van der Waals surface area contributed by atoms with Gasteiger partial charge in [0.1, 0.15) is 0 Å². The second-order valence-corrected chi connectivity index (χ2v) is 4.49. The Morgan fingerprint density at radius 1 is 0.882 bits per heavy atom. The first-order valence-corrected chi connectivity index (χ1v) is 6.25. The molecule has 1 nitrogen and oxygen atoms in total. The SMILES string of the molecule is CCN(c1ccccc1)c1ccc(Cl)c(Cl)c1. The highest BCUT2D eigenvalue weighted by Crippen LogP contribution is 2.30. The molecule has 0 bridgehead atoms. The van der Waals surface area contributed by atoms with Crippen molar-refractivity contribution in [3.05, 3.63) is 58.6 Å². The van der Waals surface area contributed by atoms with E-state index in [1.165, 1.54) is 0 Å². The van der Waals surface area contributed by atoms with E-state index in [-0.39, 0.29) is 0 Å². The van der Waals surface area contributed by atoms with Gasteiger partial charge in [-0.1, -0.05) is 41.4 Å². The van der Waals surface area contributed by atoms with Crippen LogP contribution in [-0.2, 0) is 0 Å². The standard InChI is InChI=1S/C14H13Cl2N/c1-2-17(11-6-4-3-5-7-11)12-8-9-13(15)14(16)10-12/h3-10H,2H2,1H3. The second kappa shape index (κ2) is 5.44. The van der Waals surface area contributed by atoms with Crippen molar-refractivity contribution in [1.82, 2.24) is 0 Å². The number of hydrogen-bond acceptors (Lipinski definition) is 1. The second-order valence-electron chi connectivity index (χ2n) is 3.68. The number of hydrogen-bond donors (Lipinski definition) is 0. The average Bonchev–Trinajstić information content (AvgIpc) is 2.36. The van der Waals surface area contributed by atoms with Crippen LogP contribution in [0.4, 0.5) is 11.4 Å². The first-order valence-electron chi connectivity index (χ1n) is 5.50. The van der Waals surface area contributed by atoms with Crippen LogP contribution in [0.5, 0.6) is 0 Å². The fourth-order valence-corrected chi connectivity index (χ4v) is 2.07. The molecule has 0 N–H and O–H groups in total. The number of benzene rings is 2. The van der Waals surface area contributed by atoms with E-state index in [0.29, 0.717) is 10.0 Å². The lowest BCUT2D eigenvalue weighted by molar-refractivity contribution is 1.02. The number of para-hydroxylation sites is 1. The molecule has 0 aliphatic carbocycles. The molecule has 0 unspecified atom stereocenters. The van der Waals surface area contributed by atoms with Crippen LogP contribution in [0.3, 0.4) is 0 Å². The zero-order valence-electron chi connectivity index (χ0n) is 9.53. The van der Waals surface area contributed by atoms with Crippen LogP contribution in [0.15, 0.2) is 48.5 Å². The summed E-state index contributed by atoms with van der Waals surface area (Å²) >= 11 is 12.0. The van der Waals surface area contributed by atoms with Crippen molar-refractivity contribution in [1.29, 1.82) is 0 Å². The molecule has 0 amide bonds. The van der Waals surface area contributed by atoms with Crippen molar-refractivity contribution in [3.63, 3.8) is 0 Å². The summed E-state index contributed by atoms with van der Waals surface area (Å²) in [7, 11) is 0. The molecule has 0 radical (unpaired) electrons. The van der Waals surface area contributed by atoms with Crippen molar-refractivity contribution >= 4 is 34.6 Å². The van der Waals surface area contributed by atoms with Crippen LogP contribution < -0.4 is 4.90 Å². The maximum Gasteiger partial charge on any atom is 0.0613 e. The maximum absolute atomic E-state index is 6.04. The Morgan fingerprint density at radius 3 is 2.18 bits per heavy atom. The van der Waals surface area contributed by atoms with Crippen LogP contribution >= 0.6 is 23.2 Å². The average molecular weight is 266 g/mol. The van der Waals surface area contributed by atoms with Gasteiger partial charge in [0, 0.05) is 17.9 Å². The molecule has 0 spiro atoms. The molecule has 0 atom stereocenters. The molecule has 3 heteroatoms. The zero-order valence-corrected chi connectivity index (χ0v) is 11.0. The summed E-state index contributed by atoms with van der Waals surface area (Å²) in [5.74, 6) is 0. The lowest BCUT2D eigenvalue weighted by Gasteiger charge is -2.23. The molecule has 0 aliphatic rings. The number of halogens is 2. The first kappa shape index (κ1) is 12.3. The molecule has 0 fully saturated rings. The van der Waals surface area contributed by atoms with E-state index >= 15 is 0 Å².